The van der Waals surface area contributed by atoms with E-state index in [0.29, 0.717) is 65.4 Å². The number of amides is 2. The molecule has 0 N–H and O–H groups in total. The van der Waals surface area contributed by atoms with E-state index in [4.69, 9.17) is 14.2 Å². The van der Waals surface area contributed by atoms with Crippen molar-refractivity contribution in [2.45, 2.75) is 6.92 Å². The topological polar surface area (TPSA) is 101 Å². The second kappa shape index (κ2) is 13.7. The van der Waals surface area contributed by atoms with E-state index in [-0.39, 0.29) is 29.0 Å². The van der Waals surface area contributed by atoms with Crippen LogP contribution in [0, 0.1) is 0 Å². The summed E-state index contributed by atoms with van der Waals surface area (Å²) in [6.07, 6.45) is 1.67. The first kappa shape index (κ1) is 30.7. The van der Waals surface area contributed by atoms with Crippen LogP contribution < -0.4 is 24.0 Å². The minimum Gasteiger partial charge on any atom is -0.493 e. The summed E-state index contributed by atoms with van der Waals surface area (Å²) in [5.41, 5.74) is 3.24. The molecular weight excluding hydrogens is 580 g/mol. The number of anilines is 2. The maximum atomic E-state index is 13.7. The lowest BCUT2D eigenvalue weighted by molar-refractivity contribution is -0.128. The summed E-state index contributed by atoms with van der Waals surface area (Å²) in [4.78, 5) is 48.7. The third-order valence-corrected chi connectivity index (χ3v) is 8.35. The Bertz CT molecular complexity index is 1570. The first-order valence-corrected chi connectivity index (χ1v) is 15.1. The van der Waals surface area contributed by atoms with Crippen molar-refractivity contribution in [3.05, 3.63) is 83.6 Å². The lowest BCUT2D eigenvalue weighted by Crippen LogP contribution is -2.49. The minimum absolute atomic E-state index is 0.0215. The van der Waals surface area contributed by atoms with E-state index in [1.165, 1.54) is 38.0 Å². The van der Waals surface area contributed by atoms with Crippen molar-refractivity contribution in [3.8, 4) is 17.2 Å². The number of nitrogens with zero attached hydrogens (tertiary/aromatic N) is 4. The monoisotopic (exact) mass is 614 g/mol. The molecule has 0 bridgehead atoms. The molecule has 2 aliphatic rings. The lowest BCUT2D eigenvalue weighted by atomic mass is 10.1. The number of rotatable bonds is 9. The van der Waals surface area contributed by atoms with Crippen LogP contribution in [0.5, 0.6) is 17.2 Å². The van der Waals surface area contributed by atoms with Crippen LogP contribution in [-0.2, 0) is 9.59 Å². The highest BCUT2D eigenvalue weighted by Gasteiger charge is 2.33. The summed E-state index contributed by atoms with van der Waals surface area (Å²) in [5, 5.41) is 0.428. The Hall–Kier alpha value is -4.77. The molecular formula is C33H34N4O6S. The third kappa shape index (κ3) is 6.57. The predicted octanol–water partition coefficient (Wildman–Crippen LogP) is 4.74. The number of ether oxygens (including phenoxy) is 3. The van der Waals surface area contributed by atoms with Crippen molar-refractivity contribution in [2.75, 3.05) is 63.1 Å². The third-order valence-electron chi connectivity index (χ3n) is 7.43. The molecule has 44 heavy (non-hydrogen) atoms. The zero-order valence-corrected chi connectivity index (χ0v) is 25.9. The Balaban J connectivity index is 1.30. The van der Waals surface area contributed by atoms with Crippen LogP contribution in [0.2, 0.25) is 0 Å². The van der Waals surface area contributed by atoms with Crippen LogP contribution >= 0.6 is 11.8 Å². The van der Waals surface area contributed by atoms with E-state index in [1.807, 2.05) is 59.5 Å². The summed E-state index contributed by atoms with van der Waals surface area (Å²) in [6.45, 7) is 4.08. The van der Waals surface area contributed by atoms with Gasteiger partial charge < -0.3 is 24.0 Å². The Kier molecular flexibility index (Phi) is 9.54. The number of carbonyl (C=O) groups excluding carboxylic acids is 3. The Labute approximate surface area is 260 Å². The number of hydrogen-bond donors (Lipinski definition) is 0. The zero-order chi connectivity index (χ0) is 31.2. The quantitative estimate of drug-likeness (QED) is 0.252. The van der Waals surface area contributed by atoms with Gasteiger partial charge in [0.15, 0.2) is 22.4 Å². The minimum atomic E-state index is -0.302. The largest absolute Gasteiger partial charge is 0.493 e. The van der Waals surface area contributed by atoms with Gasteiger partial charge >= 0.3 is 0 Å². The zero-order valence-electron chi connectivity index (χ0n) is 25.1. The van der Waals surface area contributed by atoms with Gasteiger partial charge in [0.2, 0.25) is 11.7 Å². The number of benzene rings is 3. The van der Waals surface area contributed by atoms with E-state index in [0.717, 1.165) is 5.69 Å². The number of Topliss-reactive ketones (excluding diaryl/α,β-unsaturated/α-hetero) is 1. The Morgan fingerprint density at radius 3 is 2.07 bits per heavy atom. The number of para-hydroxylation sites is 1. The average Bonchev–Trinajstić information content (AvgIpc) is 3.37. The van der Waals surface area contributed by atoms with Gasteiger partial charge in [-0.05, 0) is 67.1 Å². The molecule has 2 aliphatic heterocycles. The predicted molar refractivity (Wildman–Crippen MR) is 173 cm³/mol. The number of hydrogen-bond acceptors (Lipinski definition) is 9. The lowest BCUT2D eigenvalue weighted by Gasteiger charge is -2.36. The standard InChI is InChI=1S/C33H34N4O6S/c1-22(38)24-10-12-25(13-11-24)35-14-16-36(17-15-35)30(39)21-44-33-34-27(32(40)37(33)26-8-6-5-7-9-26)18-23-19-28(41-2)31(43-4)29(20-23)42-3/h5-13,18-20H,14-17,21H2,1-4H3. The molecule has 0 spiro atoms. The highest BCUT2D eigenvalue weighted by molar-refractivity contribution is 8.14. The van der Waals surface area contributed by atoms with E-state index in [1.54, 1.807) is 25.1 Å². The first-order valence-electron chi connectivity index (χ1n) is 14.1. The molecule has 1 fully saturated rings. The van der Waals surface area contributed by atoms with E-state index in [9.17, 15) is 14.4 Å². The summed E-state index contributed by atoms with van der Waals surface area (Å²) >= 11 is 1.24. The molecule has 2 heterocycles. The molecule has 0 atom stereocenters. The molecule has 5 rings (SSSR count). The maximum absolute atomic E-state index is 13.7. The van der Waals surface area contributed by atoms with E-state index in [2.05, 4.69) is 9.89 Å². The summed E-state index contributed by atoms with van der Waals surface area (Å²) in [6, 6.07) is 20.3. The van der Waals surface area contributed by atoms with Crippen molar-refractivity contribution in [1.29, 1.82) is 0 Å². The van der Waals surface area contributed by atoms with Crippen LogP contribution in [-0.4, -0.2) is 80.9 Å². The van der Waals surface area contributed by atoms with Crippen LogP contribution in [0.4, 0.5) is 11.4 Å². The molecule has 3 aromatic rings. The molecule has 0 unspecified atom stereocenters. The number of aliphatic imine (C=N–C) groups is 1. The molecule has 11 heteroatoms. The molecule has 1 saturated heterocycles. The Morgan fingerprint density at radius 2 is 1.50 bits per heavy atom. The number of ketones is 1. The van der Waals surface area contributed by atoms with Gasteiger partial charge in [0.25, 0.3) is 5.91 Å². The molecule has 10 nitrogen and oxygen atoms in total. The molecule has 0 aliphatic carbocycles. The van der Waals surface area contributed by atoms with Gasteiger partial charge in [-0.2, -0.15) is 0 Å². The summed E-state index contributed by atoms with van der Waals surface area (Å²) in [7, 11) is 4.59. The normalized spacial score (nSPS) is 15.8. The SMILES string of the molecule is COc1cc(C=C2N=C(SCC(=O)N3CCN(c4ccc(C(C)=O)cc4)CC3)N(c3ccccc3)C2=O)cc(OC)c1OC. The van der Waals surface area contributed by atoms with Crippen molar-refractivity contribution in [1.82, 2.24) is 4.90 Å². The molecule has 0 aromatic heterocycles. The fourth-order valence-electron chi connectivity index (χ4n) is 5.08. The van der Waals surface area contributed by atoms with Gasteiger partial charge in [-0.25, -0.2) is 4.99 Å². The van der Waals surface area contributed by atoms with Gasteiger partial charge in [-0.15, -0.1) is 0 Å². The molecule has 0 radical (unpaired) electrons. The van der Waals surface area contributed by atoms with Crippen molar-refractivity contribution in [3.63, 3.8) is 0 Å². The average molecular weight is 615 g/mol. The van der Waals surface area contributed by atoms with Crippen molar-refractivity contribution < 1.29 is 28.6 Å². The van der Waals surface area contributed by atoms with Gasteiger partial charge in [-0.3, -0.25) is 19.3 Å². The van der Waals surface area contributed by atoms with Crippen LogP contribution in [0.25, 0.3) is 6.08 Å². The van der Waals surface area contributed by atoms with E-state index < -0.39 is 0 Å². The van der Waals surface area contributed by atoms with Gasteiger partial charge in [0.1, 0.15) is 5.70 Å². The fraction of sp³-hybridized carbons (Fsp3) is 0.273. The van der Waals surface area contributed by atoms with Crippen LogP contribution in [0.3, 0.4) is 0 Å². The number of methoxy groups -OCH3 is 3. The molecule has 2 amide bonds. The highest BCUT2D eigenvalue weighted by Crippen LogP contribution is 2.39. The first-order chi connectivity index (χ1) is 21.3. The van der Waals surface area contributed by atoms with Crippen LogP contribution in [0.15, 0.2) is 77.4 Å². The van der Waals surface area contributed by atoms with E-state index >= 15 is 0 Å². The summed E-state index contributed by atoms with van der Waals surface area (Å²) < 4.78 is 16.3. The second-order valence-corrected chi connectivity index (χ2v) is 11.1. The summed E-state index contributed by atoms with van der Waals surface area (Å²) in [5.74, 6) is 1.22. The molecule has 3 aromatic carbocycles. The second-order valence-electron chi connectivity index (χ2n) is 10.1. The highest BCUT2D eigenvalue weighted by atomic mass is 32.2. The number of amidine groups is 1. The molecule has 228 valence electrons. The van der Waals surface area contributed by atoms with Gasteiger partial charge in [0, 0.05) is 37.4 Å². The number of thioether (sulfide) groups is 1. The smallest absolute Gasteiger partial charge is 0.283 e. The van der Waals surface area contributed by atoms with Crippen molar-refractivity contribution in [2.24, 2.45) is 4.99 Å². The fourth-order valence-corrected chi connectivity index (χ4v) is 5.99. The van der Waals surface area contributed by atoms with Gasteiger partial charge in [-0.1, -0.05) is 30.0 Å². The van der Waals surface area contributed by atoms with Crippen molar-refractivity contribution >= 4 is 52.0 Å². The maximum Gasteiger partial charge on any atom is 0.283 e. The van der Waals surface area contributed by atoms with Crippen LogP contribution in [0.1, 0.15) is 22.8 Å². The van der Waals surface area contributed by atoms with Gasteiger partial charge in [0.05, 0.1) is 32.8 Å². The molecule has 0 saturated carbocycles. The number of carbonyl (C=O) groups is 3. The number of piperazine rings is 1. The Morgan fingerprint density at radius 1 is 0.864 bits per heavy atom.